The van der Waals surface area contributed by atoms with Gasteiger partial charge in [-0.2, -0.15) is 5.26 Å². The lowest BCUT2D eigenvalue weighted by Gasteiger charge is -2.51. The van der Waals surface area contributed by atoms with Crippen LogP contribution in [0.5, 0.6) is 0 Å². The van der Waals surface area contributed by atoms with Crippen LogP contribution in [0, 0.1) is 40.9 Å². The summed E-state index contributed by atoms with van der Waals surface area (Å²) in [7, 11) is 0. The van der Waals surface area contributed by atoms with Crippen LogP contribution in [0.4, 0.5) is 0 Å². The predicted molar refractivity (Wildman–Crippen MR) is 66.5 cm³/mol. The SMILES string of the molecule is N#CC(C=C1C2CC3CC(C2)CC1C3)CC(=O)O. The summed E-state index contributed by atoms with van der Waals surface area (Å²) in [5.74, 6) is 1.82. The van der Waals surface area contributed by atoms with Crippen LogP contribution in [-0.2, 0) is 4.79 Å². The molecule has 96 valence electrons. The number of hydrogen-bond acceptors (Lipinski definition) is 2. The van der Waals surface area contributed by atoms with Crippen LogP contribution in [0.1, 0.15) is 38.5 Å². The lowest BCUT2D eigenvalue weighted by Crippen LogP contribution is -2.40. The number of rotatable bonds is 3. The number of hydrogen-bond donors (Lipinski definition) is 1. The molecule has 0 spiro atoms. The second-order valence-corrected chi connectivity index (χ2v) is 6.30. The van der Waals surface area contributed by atoms with Gasteiger partial charge in [-0.15, -0.1) is 0 Å². The Labute approximate surface area is 107 Å². The maximum Gasteiger partial charge on any atom is 0.305 e. The molecule has 0 heterocycles. The Morgan fingerprint density at radius 1 is 1.28 bits per heavy atom. The summed E-state index contributed by atoms with van der Waals surface area (Å²) in [4.78, 5) is 10.7. The zero-order valence-electron chi connectivity index (χ0n) is 10.5. The largest absolute Gasteiger partial charge is 0.481 e. The van der Waals surface area contributed by atoms with Crippen LogP contribution >= 0.6 is 0 Å². The smallest absolute Gasteiger partial charge is 0.305 e. The van der Waals surface area contributed by atoms with Crippen LogP contribution in [-0.4, -0.2) is 11.1 Å². The van der Waals surface area contributed by atoms with Crippen molar-refractivity contribution in [3.8, 4) is 6.07 Å². The average Bonchev–Trinajstić information content (AvgIpc) is 2.30. The van der Waals surface area contributed by atoms with Gasteiger partial charge < -0.3 is 5.11 Å². The van der Waals surface area contributed by atoms with E-state index in [1.54, 1.807) is 0 Å². The molecule has 0 saturated heterocycles. The number of nitriles is 1. The first-order chi connectivity index (χ1) is 8.65. The number of carboxylic acid groups (broad SMARTS) is 1. The molecule has 1 atom stereocenters. The Hall–Kier alpha value is -1.30. The highest BCUT2D eigenvalue weighted by Gasteiger charge is 2.45. The first-order valence-corrected chi connectivity index (χ1v) is 6.98. The van der Waals surface area contributed by atoms with E-state index in [4.69, 9.17) is 10.4 Å². The van der Waals surface area contributed by atoms with Crippen LogP contribution < -0.4 is 0 Å². The van der Waals surface area contributed by atoms with E-state index in [1.165, 1.54) is 37.7 Å². The Bertz CT molecular complexity index is 402. The Kier molecular flexibility index (Phi) is 2.89. The van der Waals surface area contributed by atoms with E-state index in [0.29, 0.717) is 11.8 Å². The van der Waals surface area contributed by atoms with Crippen molar-refractivity contribution >= 4 is 5.97 Å². The molecule has 1 unspecified atom stereocenters. The molecule has 0 radical (unpaired) electrons. The fourth-order valence-electron chi connectivity index (χ4n) is 4.56. The molecule has 0 aliphatic heterocycles. The number of nitrogens with zero attached hydrogens (tertiary/aromatic N) is 1. The second kappa shape index (κ2) is 4.42. The summed E-state index contributed by atoms with van der Waals surface area (Å²) in [6.07, 6.45) is 8.49. The highest BCUT2D eigenvalue weighted by Crippen LogP contribution is 2.56. The molecule has 4 fully saturated rings. The van der Waals surface area contributed by atoms with Gasteiger partial charge in [0.2, 0.25) is 0 Å². The van der Waals surface area contributed by atoms with Crippen molar-refractivity contribution in [2.75, 3.05) is 0 Å². The summed E-state index contributed by atoms with van der Waals surface area (Å²) in [6.45, 7) is 0. The van der Waals surface area contributed by atoms with Crippen molar-refractivity contribution in [2.45, 2.75) is 38.5 Å². The number of allylic oxidation sites excluding steroid dienone is 2. The molecule has 4 bridgehead atoms. The maximum absolute atomic E-state index is 10.7. The predicted octanol–water partition coefficient (Wildman–Crippen LogP) is 2.98. The third kappa shape index (κ3) is 2.05. The van der Waals surface area contributed by atoms with Gasteiger partial charge in [-0.3, -0.25) is 4.79 Å². The van der Waals surface area contributed by atoms with Crippen molar-refractivity contribution in [2.24, 2.45) is 29.6 Å². The molecule has 3 nitrogen and oxygen atoms in total. The van der Waals surface area contributed by atoms with E-state index < -0.39 is 11.9 Å². The highest BCUT2D eigenvalue weighted by molar-refractivity contribution is 5.67. The van der Waals surface area contributed by atoms with Gasteiger partial charge in [0.25, 0.3) is 0 Å². The van der Waals surface area contributed by atoms with E-state index >= 15 is 0 Å². The van der Waals surface area contributed by atoms with Gasteiger partial charge in [0.15, 0.2) is 0 Å². The molecule has 4 aliphatic carbocycles. The minimum absolute atomic E-state index is 0.0493. The average molecular weight is 245 g/mol. The summed E-state index contributed by atoms with van der Waals surface area (Å²) in [6, 6.07) is 2.14. The molecule has 4 saturated carbocycles. The molecular formula is C15H19NO2. The third-order valence-corrected chi connectivity index (χ3v) is 5.03. The van der Waals surface area contributed by atoms with Gasteiger partial charge in [0.1, 0.15) is 0 Å². The van der Waals surface area contributed by atoms with Gasteiger partial charge in [-0.05, 0) is 55.8 Å². The van der Waals surface area contributed by atoms with Crippen molar-refractivity contribution in [3.63, 3.8) is 0 Å². The van der Waals surface area contributed by atoms with E-state index in [0.717, 1.165) is 11.8 Å². The summed E-state index contributed by atoms with van der Waals surface area (Å²) < 4.78 is 0. The normalized spacial score (nSPS) is 38.3. The first-order valence-electron chi connectivity index (χ1n) is 6.98. The molecule has 0 aromatic heterocycles. The zero-order valence-corrected chi connectivity index (χ0v) is 10.5. The lowest BCUT2D eigenvalue weighted by atomic mass is 9.54. The van der Waals surface area contributed by atoms with Crippen LogP contribution in [0.2, 0.25) is 0 Å². The minimum atomic E-state index is -0.873. The molecule has 4 rings (SSSR count). The van der Waals surface area contributed by atoms with Gasteiger partial charge in [0.05, 0.1) is 18.4 Å². The minimum Gasteiger partial charge on any atom is -0.481 e. The summed E-state index contributed by atoms with van der Waals surface area (Å²) in [5, 5.41) is 17.9. The molecule has 0 amide bonds. The van der Waals surface area contributed by atoms with Crippen LogP contribution in [0.25, 0.3) is 0 Å². The standard InChI is InChI=1S/C15H19NO2/c16-8-11(7-15(17)18)6-14-12-2-9-1-10(4-12)5-13(14)3-9/h6,9-13H,1-5,7H2,(H,17,18). The van der Waals surface area contributed by atoms with Gasteiger partial charge in [-0.25, -0.2) is 0 Å². The first kappa shape index (κ1) is 11.8. The quantitative estimate of drug-likeness (QED) is 0.777. The Morgan fingerprint density at radius 2 is 1.83 bits per heavy atom. The molecule has 1 N–H and O–H groups in total. The van der Waals surface area contributed by atoms with Crippen LogP contribution in [0.3, 0.4) is 0 Å². The lowest BCUT2D eigenvalue weighted by molar-refractivity contribution is -0.137. The van der Waals surface area contributed by atoms with Gasteiger partial charge in [-0.1, -0.05) is 11.6 Å². The summed E-state index contributed by atoms with van der Waals surface area (Å²) in [5.41, 5.74) is 1.43. The molecule has 4 aliphatic rings. The third-order valence-electron chi connectivity index (χ3n) is 5.03. The number of carbonyl (C=O) groups is 1. The van der Waals surface area contributed by atoms with Gasteiger partial charge >= 0.3 is 5.97 Å². The highest BCUT2D eigenvalue weighted by atomic mass is 16.4. The maximum atomic E-state index is 10.7. The Morgan fingerprint density at radius 3 is 2.28 bits per heavy atom. The topological polar surface area (TPSA) is 61.1 Å². The fraction of sp³-hybridized carbons (Fsp3) is 0.733. The Balaban J connectivity index is 1.79. The zero-order chi connectivity index (χ0) is 12.7. The van der Waals surface area contributed by atoms with Crippen molar-refractivity contribution in [1.29, 1.82) is 5.26 Å². The molecular weight excluding hydrogens is 226 g/mol. The van der Waals surface area contributed by atoms with Crippen LogP contribution in [0.15, 0.2) is 11.6 Å². The van der Waals surface area contributed by atoms with Crippen molar-refractivity contribution in [1.82, 2.24) is 0 Å². The summed E-state index contributed by atoms with van der Waals surface area (Å²) >= 11 is 0. The van der Waals surface area contributed by atoms with E-state index in [1.807, 2.05) is 6.08 Å². The number of aliphatic carboxylic acids is 1. The van der Waals surface area contributed by atoms with E-state index in [-0.39, 0.29) is 6.42 Å². The fourth-order valence-corrected chi connectivity index (χ4v) is 4.56. The van der Waals surface area contributed by atoms with E-state index in [2.05, 4.69) is 6.07 Å². The monoisotopic (exact) mass is 245 g/mol. The molecule has 0 aromatic carbocycles. The molecule has 0 aromatic rings. The molecule has 3 heteroatoms. The number of carboxylic acids is 1. The van der Waals surface area contributed by atoms with E-state index in [9.17, 15) is 4.79 Å². The molecule has 18 heavy (non-hydrogen) atoms. The van der Waals surface area contributed by atoms with Gasteiger partial charge in [0, 0.05) is 0 Å². The van der Waals surface area contributed by atoms with Crippen molar-refractivity contribution in [3.05, 3.63) is 11.6 Å². The second-order valence-electron chi connectivity index (χ2n) is 6.30. The van der Waals surface area contributed by atoms with Crippen molar-refractivity contribution < 1.29 is 9.90 Å².